The minimum Gasteiger partial charge on any atom is -0.377 e. The fourth-order valence-corrected chi connectivity index (χ4v) is 3.31. The number of aromatic nitrogens is 6. The first-order chi connectivity index (χ1) is 12.6. The summed E-state index contributed by atoms with van der Waals surface area (Å²) < 4.78 is 7.01. The van der Waals surface area contributed by atoms with Crippen molar-refractivity contribution in [2.75, 3.05) is 23.8 Å². The van der Waals surface area contributed by atoms with Crippen LogP contribution in [-0.2, 0) is 4.74 Å². The normalized spacial score (nSPS) is 18.1. The summed E-state index contributed by atoms with van der Waals surface area (Å²) in [6.45, 7) is 5.81. The Kier molecular flexibility index (Phi) is 3.39. The summed E-state index contributed by atoms with van der Waals surface area (Å²) in [5, 5.41) is 16.1. The van der Waals surface area contributed by atoms with Gasteiger partial charge in [0.05, 0.1) is 24.8 Å². The summed E-state index contributed by atoms with van der Waals surface area (Å²) in [4.78, 5) is 12.4. The largest absolute Gasteiger partial charge is 0.377 e. The third-order valence-electron chi connectivity index (χ3n) is 5.20. The second kappa shape index (κ2) is 5.66. The Morgan fingerprint density at radius 3 is 2.85 bits per heavy atom. The van der Waals surface area contributed by atoms with E-state index >= 15 is 0 Å². The van der Waals surface area contributed by atoms with Crippen molar-refractivity contribution < 1.29 is 4.74 Å². The van der Waals surface area contributed by atoms with Crippen LogP contribution in [0, 0.1) is 5.92 Å². The van der Waals surface area contributed by atoms with E-state index in [4.69, 9.17) is 9.72 Å². The van der Waals surface area contributed by atoms with Crippen molar-refractivity contribution in [3.63, 3.8) is 0 Å². The number of hydrogen-bond acceptors (Lipinski definition) is 7. The van der Waals surface area contributed by atoms with Crippen LogP contribution in [0.3, 0.4) is 0 Å². The highest BCUT2D eigenvalue weighted by Crippen LogP contribution is 2.41. The number of ether oxygens (including phenoxy) is 1. The average molecular weight is 354 g/mol. The Hall–Kier alpha value is -2.68. The minimum atomic E-state index is 0.00316. The van der Waals surface area contributed by atoms with E-state index < -0.39 is 0 Å². The van der Waals surface area contributed by atoms with Crippen LogP contribution in [0.5, 0.6) is 0 Å². The number of hydrogen-bond donors (Lipinski definition) is 3. The third kappa shape index (κ3) is 2.78. The molecule has 1 saturated heterocycles. The maximum Gasteiger partial charge on any atom is 0.232 e. The van der Waals surface area contributed by atoms with Crippen LogP contribution in [0.1, 0.15) is 32.7 Å². The molecule has 1 aliphatic heterocycles. The first-order valence-corrected chi connectivity index (χ1v) is 8.98. The first-order valence-electron chi connectivity index (χ1n) is 8.98. The molecule has 0 amide bonds. The van der Waals surface area contributed by atoms with Crippen LogP contribution in [-0.4, -0.2) is 48.7 Å². The van der Waals surface area contributed by atoms with Gasteiger partial charge < -0.3 is 20.4 Å². The molecule has 0 bridgehead atoms. The molecule has 1 saturated carbocycles. The third-order valence-corrected chi connectivity index (χ3v) is 5.20. The molecule has 4 heterocycles. The zero-order chi connectivity index (χ0) is 17.7. The number of H-pyrrole nitrogens is 1. The Bertz CT molecular complexity index is 937. The van der Waals surface area contributed by atoms with E-state index in [1.165, 1.54) is 12.8 Å². The van der Waals surface area contributed by atoms with Crippen LogP contribution in [0.25, 0.3) is 11.0 Å². The molecule has 0 unspecified atom stereocenters. The van der Waals surface area contributed by atoms with Gasteiger partial charge >= 0.3 is 0 Å². The molecule has 0 spiro atoms. The standard InChI is InChI=1S/C17H22N8O/c1-17(2,10-3-4-10)22-15-12-5-6-18-14(12)20-16(21-15)19-13-7-25(24-23-13)11-8-26-9-11/h5-7,10-11H,3-4,8-9H2,1-2H3,(H3,18,19,20,21,22). The lowest BCUT2D eigenvalue weighted by atomic mass is 9.99. The second-order valence-electron chi connectivity index (χ2n) is 7.66. The Morgan fingerprint density at radius 2 is 2.12 bits per heavy atom. The van der Waals surface area contributed by atoms with Crippen molar-refractivity contribution in [2.24, 2.45) is 5.92 Å². The van der Waals surface area contributed by atoms with E-state index in [1.807, 2.05) is 23.1 Å². The molecule has 3 N–H and O–H groups in total. The van der Waals surface area contributed by atoms with Crippen LogP contribution in [0.15, 0.2) is 18.5 Å². The fraction of sp³-hybridized carbons (Fsp3) is 0.529. The van der Waals surface area contributed by atoms with Gasteiger partial charge in [-0.1, -0.05) is 5.21 Å². The molecule has 9 heteroatoms. The molecule has 2 aliphatic rings. The van der Waals surface area contributed by atoms with E-state index in [1.54, 1.807) is 0 Å². The van der Waals surface area contributed by atoms with Gasteiger partial charge in [-0.25, -0.2) is 4.68 Å². The predicted molar refractivity (Wildman–Crippen MR) is 97.5 cm³/mol. The van der Waals surface area contributed by atoms with Gasteiger partial charge in [-0.3, -0.25) is 0 Å². The maximum absolute atomic E-state index is 5.20. The lowest BCUT2D eigenvalue weighted by molar-refractivity contribution is -0.0293. The molecule has 5 rings (SSSR count). The van der Waals surface area contributed by atoms with Gasteiger partial charge in [0.2, 0.25) is 5.95 Å². The van der Waals surface area contributed by atoms with E-state index in [0.717, 1.165) is 16.9 Å². The molecular weight excluding hydrogens is 332 g/mol. The van der Waals surface area contributed by atoms with E-state index in [0.29, 0.717) is 30.9 Å². The molecule has 0 atom stereocenters. The topological polar surface area (TPSA) is 106 Å². The van der Waals surface area contributed by atoms with Gasteiger partial charge in [-0.05, 0) is 38.7 Å². The van der Waals surface area contributed by atoms with Gasteiger partial charge in [-0.15, -0.1) is 5.10 Å². The number of nitrogens with zero attached hydrogens (tertiary/aromatic N) is 5. The highest BCUT2D eigenvalue weighted by Gasteiger charge is 2.38. The van der Waals surface area contributed by atoms with E-state index in [-0.39, 0.29) is 11.6 Å². The molecule has 0 aromatic carbocycles. The summed E-state index contributed by atoms with van der Waals surface area (Å²) in [6.07, 6.45) is 6.27. The summed E-state index contributed by atoms with van der Waals surface area (Å²) in [7, 11) is 0. The zero-order valence-electron chi connectivity index (χ0n) is 14.9. The lowest BCUT2D eigenvalue weighted by Gasteiger charge is -2.27. The van der Waals surface area contributed by atoms with Gasteiger partial charge in [0.25, 0.3) is 0 Å². The first kappa shape index (κ1) is 15.6. The van der Waals surface area contributed by atoms with Crippen molar-refractivity contribution in [1.29, 1.82) is 0 Å². The molecule has 136 valence electrons. The van der Waals surface area contributed by atoms with Crippen molar-refractivity contribution >= 4 is 28.6 Å². The molecule has 26 heavy (non-hydrogen) atoms. The molecule has 3 aromatic heterocycles. The Labute approximate surface area is 150 Å². The zero-order valence-corrected chi connectivity index (χ0v) is 14.9. The SMILES string of the molecule is CC(C)(Nc1nc(Nc2cn(C3COC3)nn2)nc2[nH]ccc12)C1CC1. The highest BCUT2D eigenvalue weighted by molar-refractivity contribution is 5.88. The summed E-state index contributed by atoms with van der Waals surface area (Å²) in [6, 6.07) is 2.26. The second-order valence-corrected chi connectivity index (χ2v) is 7.66. The number of nitrogens with one attached hydrogen (secondary N) is 3. The quantitative estimate of drug-likeness (QED) is 0.624. The Balaban J connectivity index is 1.43. The average Bonchev–Trinajstić information content (AvgIpc) is 3.16. The van der Waals surface area contributed by atoms with Gasteiger partial charge in [0.15, 0.2) is 5.82 Å². The minimum absolute atomic E-state index is 0.00316. The van der Waals surface area contributed by atoms with Gasteiger partial charge in [0, 0.05) is 11.7 Å². The number of anilines is 3. The van der Waals surface area contributed by atoms with Crippen molar-refractivity contribution in [3.05, 3.63) is 18.5 Å². The summed E-state index contributed by atoms with van der Waals surface area (Å²) in [5.74, 6) is 2.63. The van der Waals surface area contributed by atoms with Crippen LogP contribution in [0.2, 0.25) is 0 Å². The van der Waals surface area contributed by atoms with E-state index in [9.17, 15) is 0 Å². The number of rotatable bonds is 6. The van der Waals surface area contributed by atoms with Crippen LogP contribution in [0.4, 0.5) is 17.6 Å². The highest BCUT2D eigenvalue weighted by atomic mass is 16.5. The molecule has 9 nitrogen and oxygen atoms in total. The van der Waals surface area contributed by atoms with Gasteiger partial charge in [0.1, 0.15) is 17.5 Å². The van der Waals surface area contributed by atoms with Crippen LogP contribution >= 0.6 is 0 Å². The molecule has 0 radical (unpaired) electrons. The summed E-state index contributed by atoms with van der Waals surface area (Å²) >= 11 is 0. The smallest absolute Gasteiger partial charge is 0.232 e. The lowest BCUT2D eigenvalue weighted by Crippen LogP contribution is -2.33. The van der Waals surface area contributed by atoms with E-state index in [2.05, 4.69) is 44.8 Å². The predicted octanol–water partition coefficient (Wildman–Crippen LogP) is 2.46. The molecular formula is C17H22N8O. The molecule has 2 fully saturated rings. The monoisotopic (exact) mass is 354 g/mol. The van der Waals surface area contributed by atoms with Crippen molar-refractivity contribution in [2.45, 2.75) is 38.3 Å². The maximum atomic E-state index is 5.20. The Morgan fingerprint density at radius 1 is 1.27 bits per heavy atom. The van der Waals surface area contributed by atoms with Crippen LogP contribution < -0.4 is 10.6 Å². The van der Waals surface area contributed by atoms with Crippen molar-refractivity contribution in [3.8, 4) is 0 Å². The van der Waals surface area contributed by atoms with Crippen molar-refractivity contribution in [1.82, 2.24) is 29.9 Å². The molecule has 1 aliphatic carbocycles. The number of fused-ring (bicyclic) bond motifs is 1. The number of aromatic amines is 1. The molecule has 3 aromatic rings. The fourth-order valence-electron chi connectivity index (χ4n) is 3.31. The summed E-state index contributed by atoms with van der Waals surface area (Å²) in [5.41, 5.74) is 0.791. The van der Waals surface area contributed by atoms with Gasteiger partial charge in [-0.2, -0.15) is 9.97 Å².